The smallest absolute Gasteiger partial charge is 0.225 e. The lowest BCUT2D eigenvalue weighted by Gasteiger charge is -2.34. The van der Waals surface area contributed by atoms with Gasteiger partial charge in [-0.25, -0.2) is 0 Å². The summed E-state index contributed by atoms with van der Waals surface area (Å²) in [6.07, 6.45) is 0.993. The summed E-state index contributed by atoms with van der Waals surface area (Å²) in [5.74, 6) is 1.12. The van der Waals surface area contributed by atoms with Crippen LogP contribution in [-0.4, -0.2) is 93.1 Å². The van der Waals surface area contributed by atoms with E-state index >= 15 is 0 Å². The van der Waals surface area contributed by atoms with Gasteiger partial charge in [-0.3, -0.25) is 19.4 Å². The molecule has 0 radical (unpaired) electrons. The molecule has 8 heteroatoms. The normalized spacial score (nSPS) is 18.9. The summed E-state index contributed by atoms with van der Waals surface area (Å²) in [6.45, 7) is 7.61. The van der Waals surface area contributed by atoms with Gasteiger partial charge in [0.25, 0.3) is 0 Å². The number of nitrogens with one attached hydrogen (secondary N) is 1. The van der Waals surface area contributed by atoms with Gasteiger partial charge < -0.3 is 19.7 Å². The Bertz CT molecular complexity index is 1010. The summed E-state index contributed by atoms with van der Waals surface area (Å²) < 4.78 is 10.6. The molecule has 0 saturated carbocycles. The minimum atomic E-state index is -0.273. The molecule has 0 aromatic heterocycles. The van der Waals surface area contributed by atoms with E-state index in [0.717, 1.165) is 44.8 Å². The molecular weight excluding hydrogens is 456 g/mol. The summed E-state index contributed by atoms with van der Waals surface area (Å²) in [5.41, 5.74) is 2.42. The first-order valence-corrected chi connectivity index (χ1v) is 12.8. The first-order chi connectivity index (χ1) is 17.6. The molecule has 1 N–H and O–H groups in total. The Morgan fingerprint density at radius 3 is 2.36 bits per heavy atom. The maximum absolute atomic E-state index is 12.7. The third kappa shape index (κ3) is 6.98. The number of carbonyl (C=O) groups excluding carboxylic acids is 2. The van der Waals surface area contributed by atoms with Gasteiger partial charge in [-0.1, -0.05) is 36.4 Å². The summed E-state index contributed by atoms with van der Waals surface area (Å²) in [4.78, 5) is 31.9. The van der Waals surface area contributed by atoms with Crippen LogP contribution >= 0.6 is 0 Å². The van der Waals surface area contributed by atoms with Gasteiger partial charge in [0, 0.05) is 65.3 Å². The molecule has 2 heterocycles. The number of hydrogen-bond donors (Lipinski definition) is 1. The summed E-state index contributed by atoms with van der Waals surface area (Å²) in [6, 6.07) is 16.4. The first kappa shape index (κ1) is 26.0. The fraction of sp³-hybridized carbons (Fsp3) is 0.500. The van der Waals surface area contributed by atoms with E-state index in [0.29, 0.717) is 37.6 Å². The van der Waals surface area contributed by atoms with Gasteiger partial charge in [0.2, 0.25) is 11.8 Å². The number of carbonyl (C=O) groups is 2. The molecule has 2 aliphatic rings. The van der Waals surface area contributed by atoms with E-state index in [4.69, 9.17) is 9.47 Å². The zero-order valence-electron chi connectivity index (χ0n) is 21.4. The summed E-state index contributed by atoms with van der Waals surface area (Å²) >= 11 is 0. The van der Waals surface area contributed by atoms with E-state index in [9.17, 15) is 9.59 Å². The quantitative estimate of drug-likeness (QED) is 0.515. The van der Waals surface area contributed by atoms with E-state index in [-0.39, 0.29) is 24.2 Å². The number of amides is 2. The van der Waals surface area contributed by atoms with E-state index < -0.39 is 0 Å². The van der Waals surface area contributed by atoms with Crippen LogP contribution < -0.4 is 14.8 Å². The Kier molecular flexibility index (Phi) is 9.19. The van der Waals surface area contributed by atoms with Crippen LogP contribution in [-0.2, 0) is 22.6 Å². The van der Waals surface area contributed by atoms with Gasteiger partial charge in [0.15, 0.2) is 11.5 Å². The topological polar surface area (TPSA) is 74.4 Å². The van der Waals surface area contributed by atoms with Crippen LogP contribution in [0.25, 0.3) is 0 Å². The molecule has 2 fully saturated rings. The molecule has 8 nitrogen and oxygen atoms in total. The average molecular weight is 495 g/mol. The lowest BCUT2D eigenvalue weighted by atomic mass is 10.1. The molecule has 0 bridgehead atoms. The highest BCUT2D eigenvalue weighted by Gasteiger charge is 2.34. The minimum absolute atomic E-state index is 0.0142. The van der Waals surface area contributed by atoms with Crippen molar-refractivity contribution < 1.29 is 19.1 Å². The van der Waals surface area contributed by atoms with Gasteiger partial charge in [-0.2, -0.15) is 0 Å². The maximum atomic E-state index is 12.7. The number of rotatable bonds is 11. The molecule has 1 unspecified atom stereocenters. The van der Waals surface area contributed by atoms with Crippen molar-refractivity contribution in [1.29, 1.82) is 0 Å². The predicted molar refractivity (Wildman–Crippen MR) is 139 cm³/mol. The SMILES string of the molecule is COc1ccc(CCN2CC(C(=O)NCCN3CCN(Cc4ccccc4)CC3)CC2=O)cc1OC. The van der Waals surface area contributed by atoms with Crippen molar-refractivity contribution in [3.05, 3.63) is 59.7 Å². The zero-order chi connectivity index (χ0) is 25.3. The van der Waals surface area contributed by atoms with E-state index in [1.165, 1.54) is 5.56 Å². The number of nitrogens with zero attached hydrogens (tertiary/aromatic N) is 3. The largest absolute Gasteiger partial charge is 0.493 e. The van der Waals surface area contributed by atoms with Crippen LogP contribution in [0.4, 0.5) is 0 Å². The van der Waals surface area contributed by atoms with Crippen molar-refractivity contribution >= 4 is 11.8 Å². The predicted octanol–water partition coefficient (Wildman–Crippen LogP) is 2.03. The molecule has 2 saturated heterocycles. The second-order valence-electron chi connectivity index (χ2n) is 9.57. The number of benzene rings is 2. The van der Waals surface area contributed by atoms with E-state index in [1.54, 1.807) is 19.1 Å². The highest BCUT2D eigenvalue weighted by atomic mass is 16.5. The Balaban J connectivity index is 1.14. The van der Waals surface area contributed by atoms with Crippen LogP contribution in [0.1, 0.15) is 17.5 Å². The van der Waals surface area contributed by atoms with E-state index in [2.05, 4.69) is 45.4 Å². The zero-order valence-corrected chi connectivity index (χ0v) is 21.4. The third-order valence-corrected chi connectivity index (χ3v) is 7.14. The van der Waals surface area contributed by atoms with Crippen molar-refractivity contribution in [3.63, 3.8) is 0 Å². The molecule has 0 aliphatic carbocycles. The van der Waals surface area contributed by atoms with Crippen LogP contribution in [0, 0.1) is 5.92 Å². The highest BCUT2D eigenvalue weighted by Crippen LogP contribution is 2.28. The molecule has 1 atom stereocenters. The van der Waals surface area contributed by atoms with Crippen molar-refractivity contribution in [3.8, 4) is 11.5 Å². The lowest BCUT2D eigenvalue weighted by molar-refractivity contribution is -0.129. The van der Waals surface area contributed by atoms with Gasteiger partial charge >= 0.3 is 0 Å². The van der Waals surface area contributed by atoms with Crippen molar-refractivity contribution in [1.82, 2.24) is 20.0 Å². The maximum Gasteiger partial charge on any atom is 0.225 e. The number of likely N-dealkylation sites (tertiary alicyclic amines) is 1. The molecule has 2 aromatic carbocycles. The standard InChI is InChI=1S/C28H38N4O4/c1-35-25-9-8-22(18-26(25)36-2)10-12-32-21-24(19-27(32)33)28(34)29-11-13-30-14-16-31(17-15-30)20-23-6-4-3-5-7-23/h3-9,18,24H,10-17,19-21H2,1-2H3,(H,29,34). The van der Waals surface area contributed by atoms with E-state index in [1.807, 2.05) is 18.2 Å². The Hall–Kier alpha value is -3.10. The lowest BCUT2D eigenvalue weighted by Crippen LogP contribution is -2.48. The fourth-order valence-electron chi connectivity index (χ4n) is 4.96. The van der Waals surface area contributed by atoms with Gasteiger partial charge in [-0.15, -0.1) is 0 Å². The van der Waals surface area contributed by atoms with Crippen LogP contribution in [0.3, 0.4) is 0 Å². The monoisotopic (exact) mass is 494 g/mol. The Morgan fingerprint density at radius 2 is 1.64 bits per heavy atom. The summed E-state index contributed by atoms with van der Waals surface area (Å²) in [5, 5.41) is 3.06. The van der Waals surface area contributed by atoms with Crippen molar-refractivity contribution in [2.45, 2.75) is 19.4 Å². The average Bonchev–Trinajstić information content (AvgIpc) is 3.29. The number of hydrogen-bond acceptors (Lipinski definition) is 6. The van der Waals surface area contributed by atoms with Crippen LogP contribution in [0.2, 0.25) is 0 Å². The third-order valence-electron chi connectivity index (χ3n) is 7.14. The molecule has 2 aliphatic heterocycles. The molecular formula is C28H38N4O4. The van der Waals surface area contributed by atoms with Crippen LogP contribution in [0.5, 0.6) is 11.5 Å². The Labute approximate surface area is 214 Å². The molecule has 36 heavy (non-hydrogen) atoms. The fourth-order valence-corrected chi connectivity index (χ4v) is 4.96. The van der Waals surface area contributed by atoms with Gasteiger partial charge in [0.1, 0.15) is 0 Å². The molecule has 194 valence electrons. The highest BCUT2D eigenvalue weighted by molar-refractivity contribution is 5.89. The second-order valence-corrected chi connectivity index (χ2v) is 9.57. The molecule has 4 rings (SSSR count). The molecule has 2 aromatic rings. The first-order valence-electron chi connectivity index (χ1n) is 12.8. The van der Waals surface area contributed by atoms with Gasteiger partial charge in [0.05, 0.1) is 20.1 Å². The van der Waals surface area contributed by atoms with Crippen LogP contribution in [0.15, 0.2) is 48.5 Å². The number of ether oxygens (including phenoxy) is 2. The Morgan fingerprint density at radius 1 is 0.917 bits per heavy atom. The summed E-state index contributed by atoms with van der Waals surface area (Å²) in [7, 11) is 3.22. The second kappa shape index (κ2) is 12.7. The van der Waals surface area contributed by atoms with Crippen molar-refractivity contribution in [2.75, 3.05) is 66.6 Å². The molecule has 0 spiro atoms. The number of piperazine rings is 1. The van der Waals surface area contributed by atoms with Gasteiger partial charge in [-0.05, 0) is 29.7 Å². The van der Waals surface area contributed by atoms with Crippen molar-refractivity contribution in [2.24, 2.45) is 5.92 Å². The molecule has 2 amide bonds. The number of methoxy groups -OCH3 is 2. The minimum Gasteiger partial charge on any atom is -0.493 e.